The summed E-state index contributed by atoms with van der Waals surface area (Å²) < 4.78 is 19.6. The number of amides is 1. The molecule has 2 fully saturated rings. The van der Waals surface area contributed by atoms with E-state index < -0.39 is 0 Å². The molecule has 0 spiro atoms. The van der Waals surface area contributed by atoms with Crippen molar-refractivity contribution >= 4 is 22.5 Å². The Morgan fingerprint density at radius 3 is 2.48 bits per heavy atom. The molecule has 2 aromatic carbocycles. The van der Waals surface area contributed by atoms with Gasteiger partial charge in [-0.1, -0.05) is 38.5 Å². The first-order chi connectivity index (χ1) is 20.4. The van der Waals surface area contributed by atoms with Crippen molar-refractivity contribution < 1.29 is 13.9 Å². The number of fused-ring (bicyclic) bond motifs is 1. The molecule has 1 amide bonds. The monoisotopic (exact) mass is 571 g/mol. The highest BCUT2D eigenvalue weighted by Gasteiger charge is 2.31. The van der Waals surface area contributed by atoms with Gasteiger partial charge in [0.1, 0.15) is 17.7 Å². The molecule has 1 aliphatic heterocycles. The van der Waals surface area contributed by atoms with Gasteiger partial charge >= 0.3 is 0 Å². The van der Waals surface area contributed by atoms with Gasteiger partial charge in [0.25, 0.3) is 0 Å². The van der Waals surface area contributed by atoms with E-state index in [4.69, 9.17) is 4.74 Å². The van der Waals surface area contributed by atoms with Crippen LogP contribution in [0, 0.1) is 23.6 Å². The molecule has 6 heteroatoms. The standard InChI is InChI=1S/C22H26FN.C14H20N2O2/c1-14-11-15(2)20(12-14)17-5-3-16(4-6-17)19-9-10-24-22-8-7-18(23)13-21(19)22;1-2-14(17)16-11-4-3-5-13(10-11)18-12-6-8-15-9-7-12/h7-10,12-17H,3-6,11H2,1-2H3;3-5,10,12,15H,2,6-9H2,1H3,(H,16,17). The number of hydrogen-bond donors (Lipinski definition) is 2. The van der Waals surface area contributed by atoms with E-state index in [1.54, 1.807) is 17.7 Å². The Labute approximate surface area is 250 Å². The average Bonchev–Trinajstić information content (AvgIpc) is 3.35. The zero-order valence-corrected chi connectivity index (χ0v) is 25.4. The summed E-state index contributed by atoms with van der Waals surface area (Å²) in [5, 5.41) is 7.15. The Balaban J connectivity index is 0.000000176. The lowest BCUT2D eigenvalue weighted by Gasteiger charge is -2.31. The van der Waals surface area contributed by atoms with Crippen LogP contribution in [0.1, 0.15) is 83.6 Å². The van der Waals surface area contributed by atoms with Crippen molar-refractivity contribution in [3.8, 4) is 5.75 Å². The van der Waals surface area contributed by atoms with Gasteiger partial charge < -0.3 is 15.4 Å². The number of hydrogen-bond acceptors (Lipinski definition) is 4. The molecule has 2 atom stereocenters. The largest absolute Gasteiger partial charge is 0.490 e. The molecule has 2 aliphatic carbocycles. The molecule has 2 N–H and O–H groups in total. The molecule has 3 aromatic rings. The second-order valence-electron chi connectivity index (χ2n) is 12.4. The maximum Gasteiger partial charge on any atom is 0.224 e. The minimum absolute atomic E-state index is 0.0222. The molecule has 1 saturated heterocycles. The van der Waals surface area contributed by atoms with E-state index >= 15 is 0 Å². The first-order valence-electron chi connectivity index (χ1n) is 15.9. The number of benzene rings is 2. The SMILES string of the molecule is CC1C=C(C2CCC(c3ccnc4ccc(F)cc34)CC2)C(C)C1.CCC(=O)Nc1cccc(OC2CCNCC2)c1. The van der Waals surface area contributed by atoms with Crippen LogP contribution in [-0.2, 0) is 4.79 Å². The summed E-state index contributed by atoms with van der Waals surface area (Å²) in [5.74, 6) is 3.51. The van der Waals surface area contributed by atoms with Gasteiger partial charge in [0.2, 0.25) is 5.91 Å². The maximum absolute atomic E-state index is 13.7. The van der Waals surface area contributed by atoms with Crippen molar-refractivity contribution in [2.75, 3.05) is 18.4 Å². The number of aromatic nitrogens is 1. The Bertz CT molecular complexity index is 1380. The zero-order valence-electron chi connectivity index (χ0n) is 25.4. The Morgan fingerprint density at radius 2 is 1.76 bits per heavy atom. The van der Waals surface area contributed by atoms with Gasteiger partial charge in [-0.15, -0.1) is 0 Å². The van der Waals surface area contributed by atoms with E-state index in [1.807, 2.05) is 37.4 Å². The second kappa shape index (κ2) is 14.3. The molecule has 2 unspecified atom stereocenters. The van der Waals surface area contributed by atoms with Gasteiger partial charge in [0.15, 0.2) is 0 Å². The van der Waals surface area contributed by atoms with Gasteiger partial charge in [-0.3, -0.25) is 9.78 Å². The van der Waals surface area contributed by atoms with Gasteiger partial charge in [-0.05, 0) is 124 Å². The third-order valence-corrected chi connectivity index (χ3v) is 9.17. The molecule has 3 aliphatic rings. The summed E-state index contributed by atoms with van der Waals surface area (Å²) in [7, 11) is 0. The topological polar surface area (TPSA) is 63.2 Å². The number of allylic oxidation sites excluding steroid dienone is 2. The van der Waals surface area contributed by atoms with E-state index in [0.29, 0.717) is 12.3 Å². The lowest BCUT2D eigenvalue weighted by Crippen LogP contribution is -2.34. The number of pyridine rings is 1. The highest BCUT2D eigenvalue weighted by atomic mass is 19.1. The number of carbonyl (C=O) groups excluding carboxylic acids is 1. The van der Waals surface area contributed by atoms with Crippen molar-refractivity contribution in [1.29, 1.82) is 0 Å². The average molecular weight is 572 g/mol. The summed E-state index contributed by atoms with van der Waals surface area (Å²) in [6.45, 7) is 8.59. The number of halogens is 1. The molecular weight excluding hydrogens is 525 g/mol. The fourth-order valence-corrected chi connectivity index (χ4v) is 7.03. The molecule has 0 radical (unpaired) electrons. The van der Waals surface area contributed by atoms with E-state index in [-0.39, 0.29) is 17.8 Å². The summed E-state index contributed by atoms with van der Waals surface area (Å²) >= 11 is 0. The van der Waals surface area contributed by atoms with Gasteiger partial charge in [-0.2, -0.15) is 0 Å². The van der Waals surface area contributed by atoms with Crippen LogP contribution in [0.5, 0.6) is 5.75 Å². The van der Waals surface area contributed by atoms with Crippen molar-refractivity contribution in [2.24, 2.45) is 17.8 Å². The Hall–Kier alpha value is -3.25. The van der Waals surface area contributed by atoms with Gasteiger partial charge in [0, 0.05) is 29.8 Å². The maximum atomic E-state index is 13.7. The Morgan fingerprint density at radius 1 is 1.00 bits per heavy atom. The number of anilines is 1. The first-order valence-corrected chi connectivity index (χ1v) is 15.9. The van der Waals surface area contributed by atoms with Crippen LogP contribution in [0.15, 0.2) is 66.4 Å². The Kier molecular flexibility index (Phi) is 10.3. The molecule has 5 nitrogen and oxygen atoms in total. The number of piperidine rings is 1. The summed E-state index contributed by atoms with van der Waals surface area (Å²) in [4.78, 5) is 15.7. The van der Waals surface area contributed by atoms with Crippen molar-refractivity contribution in [1.82, 2.24) is 10.3 Å². The molecule has 1 aromatic heterocycles. The molecule has 6 rings (SSSR count). The molecule has 0 bridgehead atoms. The van der Waals surface area contributed by atoms with E-state index in [2.05, 4.69) is 41.6 Å². The van der Waals surface area contributed by atoms with Crippen LogP contribution in [0.4, 0.5) is 10.1 Å². The number of nitrogens with one attached hydrogen (secondary N) is 2. The molecule has 2 heterocycles. The number of nitrogens with zero attached hydrogens (tertiary/aromatic N) is 1. The van der Waals surface area contributed by atoms with Crippen molar-refractivity contribution in [3.63, 3.8) is 0 Å². The highest BCUT2D eigenvalue weighted by Crippen LogP contribution is 2.45. The molecular formula is C36H46FN3O2. The zero-order chi connectivity index (χ0) is 29.5. The van der Waals surface area contributed by atoms with E-state index in [1.165, 1.54) is 43.7 Å². The molecule has 42 heavy (non-hydrogen) atoms. The minimum atomic E-state index is -0.163. The predicted octanol–water partition coefficient (Wildman–Crippen LogP) is 8.42. The lowest BCUT2D eigenvalue weighted by atomic mass is 9.74. The fourth-order valence-electron chi connectivity index (χ4n) is 7.03. The summed E-state index contributed by atoms with van der Waals surface area (Å²) in [5.41, 5.74) is 4.72. The number of carbonyl (C=O) groups is 1. The molecule has 1 saturated carbocycles. The van der Waals surface area contributed by atoms with Gasteiger partial charge in [0.05, 0.1) is 5.52 Å². The molecule has 224 valence electrons. The van der Waals surface area contributed by atoms with Crippen LogP contribution < -0.4 is 15.4 Å². The fraction of sp³-hybridized carbons (Fsp3) is 0.500. The van der Waals surface area contributed by atoms with Crippen LogP contribution in [0.25, 0.3) is 10.9 Å². The van der Waals surface area contributed by atoms with E-state index in [9.17, 15) is 9.18 Å². The first kappa shape index (κ1) is 30.2. The summed E-state index contributed by atoms with van der Waals surface area (Å²) in [6.07, 6.45) is 13.5. The van der Waals surface area contributed by atoms with E-state index in [0.717, 1.165) is 66.0 Å². The summed E-state index contributed by atoms with van der Waals surface area (Å²) in [6, 6.07) is 14.7. The number of ether oxygens (including phenoxy) is 1. The highest BCUT2D eigenvalue weighted by molar-refractivity contribution is 5.90. The van der Waals surface area contributed by atoms with Crippen LogP contribution in [-0.4, -0.2) is 30.1 Å². The van der Waals surface area contributed by atoms with Crippen LogP contribution in [0.2, 0.25) is 0 Å². The quantitative estimate of drug-likeness (QED) is 0.292. The minimum Gasteiger partial charge on any atom is -0.490 e. The predicted molar refractivity (Wildman–Crippen MR) is 169 cm³/mol. The lowest BCUT2D eigenvalue weighted by molar-refractivity contribution is -0.115. The van der Waals surface area contributed by atoms with Crippen LogP contribution >= 0.6 is 0 Å². The third-order valence-electron chi connectivity index (χ3n) is 9.17. The number of rotatable bonds is 6. The van der Waals surface area contributed by atoms with Crippen molar-refractivity contribution in [2.45, 2.75) is 84.2 Å². The third kappa shape index (κ3) is 7.77. The van der Waals surface area contributed by atoms with Gasteiger partial charge in [-0.25, -0.2) is 4.39 Å². The smallest absolute Gasteiger partial charge is 0.224 e. The second-order valence-corrected chi connectivity index (χ2v) is 12.4. The normalized spacial score (nSPS) is 24.4. The van der Waals surface area contributed by atoms with Crippen LogP contribution in [0.3, 0.4) is 0 Å². The van der Waals surface area contributed by atoms with Crippen molar-refractivity contribution in [3.05, 3.63) is 77.8 Å².